The van der Waals surface area contributed by atoms with E-state index in [4.69, 9.17) is 15.2 Å². The molecular formula is C10H14FNO2. The van der Waals surface area contributed by atoms with Crippen LogP contribution in [0.25, 0.3) is 0 Å². The Labute approximate surface area is 82.6 Å². The van der Waals surface area contributed by atoms with Crippen molar-refractivity contribution in [1.82, 2.24) is 0 Å². The van der Waals surface area contributed by atoms with Crippen molar-refractivity contribution in [3.8, 4) is 5.75 Å². The number of hydrogen-bond acceptors (Lipinski definition) is 3. The summed E-state index contributed by atoms with van der Waals surface area (Å²) in [5.74, 6) is 0.116. The second kappa shape index (κ2) is 4.93. The lowest BCUT2D eigenvalue weighted by molar-refractivity contribution is 0.179. The SMILES string of the molecule is COCC(N)c1ccc(F)cc1OC. The van der Waals surface area contributed by atoms with E-state index in [0.29, 0.717) is 12.4 Å². The van der Waals surface area contributed by atoms with Crippen molar-refractivity contribution in [1.29, 1.82) is 0 Å². The molecule has 1 atom stereocenters. The minimum atomic E-state index is -0.338. The van der Waals surface area contributed by atoms with Crippen molar-refractivity contribution < 1.29 is 13.9 Å². The topological polar surface area (TPSA) is 44.5 Å². The average Bonchev–Trinajstić information content (AvgIpc) is 2.17. The van der Waals surface area contributed by atoms with E-state index in [-0.39, 0.29) is 11.9 Å². The molecule has 0 spiro atoms. The third-order valence-corrected chi connectivity index (χ3v) is 1.94. The lowest BCUT2D eigenvalue weighted by atomic mass is 10.1. The average molecular weight is 199 g/mol. The van der Waals surface area contributed by atoms with E-state index < -0.39 is 0 Å². The molecule has 0 fully saturated rings. The highest BCUT2D eigenvalue weighted by atomic mass is 19.1. The molecule has 1 rings (SSSR count). The van der Waals surface area contributed by atoms with E-state index in [2.05, 4.69) is 0 Å². The van der Waals surface area contributed by atoms with Crippen LogP contribution in [0.3, 0.4) is 0 Å². The summed E-state index contributed by atoms with van der Waals surface area (Å²) in [5, 5.41) is 0. The van der Waals surface area contributed by atoms with E-state index in [1.807, 2.05) is 0 Å². The van der Waals surface area contributed by atoms with Crippen LogP contribution in [0.2, 0.25) is 0 Å². The fourth-order valence-corrected chi connectivity index (χ4v) is 1.26. The molecule has 14 heavy (non-hydrogen) atoms. The smallest absolute Gasteiger partial charge is 0.126 e. The van der Waals surface area contributed by atoms with Crippen molar-refractivity contribution in [3.63, 3.8) is 0 Å². The Morgan fingerprint density at radius 1 is 1.43 bits per heavy atom. The molecule has 0 heterocycles. The predicted molar refractivity (Wildman–Crippen MR) is 51.8 cm³/mol. The normalized spacial score (nSPS) is 12.6. The van der Waals surface area contributed by atoms with Crippen LogP contribution in [0.1, 0.15) is 11.6 Å². The van der Waals surface area contributed by atoms with Gasteiger partial charge in [-0.3, -0.25) is 0 Å². The van der Waals surface area contributed by atoms with Crippen LogP contribution in [0.5, 0.6) is 5.75 Å². The van der Waals surface area contributed by atoms with Gasteiger partial charge in [0.2, 0.25) is 0 Å². The molecule has 1 aromatic carbocycles. The summed E-state index contributed by atoms with van der Waals surface area (Å²) in [4.78, 5) is 0. The zero-order valence-electron chi connectivity index (χ0n) is 8.29. The first-order chi connectivity index (χ1) is 6.69. The maximum absolute atomic E-state index is 12.8. The molecule has 0 aliphatic carbocycles. The molecule has 2 N–H and O–H groups in total. The monoisotopic (exact) mass is 199 g/mol. The Kier molecular flexibility index (Phi) is 3.85. The Bertz CT molecular complexity index is 304. The maximum Gasteiger partial charge on any atom is 0.126 e. The van der Waals surface area contributed by atoms with Gasteiger partial charge >= 0.3 is 0 Å². The van der Waals surface area contributed by atoms with Gasteiger partial charge in [0.15, 0.2) is 0 Å². The largest absolute Gasteiger partial charge is 0.496 e. The summed E-state index contributed by atoms with van der Waals surface area (Å²) in [7, 11) is 3.05. The number of methoxy groups -OCH3 is 2. The lowest BCUT2D eigenvalue weighted by Crippen LogP contribution is -2.17. The first-order valence-electron chi connectivity index (χ1n) is 4.27. The second-order valence-electron chi connectivity index (χ2n) is 2.95. The van der Waals surface area contributed by atoms with Gasteiger partial charge in [-0.25, -0.2) is 4.39 Å². The first kappa shape index (κ1) is 10.9. The predicted octanol–water partition coefficient (Wildman–Crippen LogP) is 1.48. The molecule has 0 aliphatic heterocycles. The highest BCUT2D eigenvalue weighted by molar-refractivity contribution is 5.36. The van der Waals surface area contributed by atoms with E-state index in [9.17, 15) is 4.39 Å². The van der Waals surface area contributed by atoms with Crippen molar-refractivity contribution in [2.45, 2.75) is 6.04 Å². The van der Waals surface area contributed by atoms with Gasteiger partial charge in [0.05, 0.1) is 19.8 Å². The Balaban J connectivity index is 2.95. The van der Waals surface area contributed by atoms with Crippen molar-refractivity contribution in [3.05, 3.63) is 29.6 Å². The fraction of sp³-hybridized carbons (Fsp3) is 0.400. The molecular weight excluding hydrogens is 185 g/mol. The number of benzene rings is 1. The second-order valence-corrected chi connectivity index (χ2v) is 2.95. The van der Waals surface area contributed by atoms with Crippen LogP contribution < -0.4 is 10.5 Å². The van der Waals surface area contributed by atoms with Gasteiger partial charge in [-0.05, 0) is 6.07 Å². The van der Waals surface area contributed by atoms with Crippen LogP contribution in [-0.4, -0.2) is 20.8 Å². The Morgan fingerprint density at radius 3 is 2.71 bits per heavy atom. The molecule has 0 aromatic heterocycles. The van der Waals surface area contributed by atoms with Gasteiger partial charge < -0.3 is 15.2 Å². The molecule has 0 radical (unpaired) electrons. The standard InChI is InChI=1S/C10H14FNO2/c1-13-6-9(12)8-4-3-7(11)5-10(8)14-2/h3-5,9H,6,12H2,1-2H3. The van der Waals surface area contributed by atoms with E-state index in [0.717, 1.165) is 5.56 Å². The fourth-order valence-electron chi connectivity index (χ4n) is 1.26. The van der Waals surface area contributed by atoms with E-state index in [1.54, 1.807) is 13.2 Å². The highest BCUT2D eigenvalue weighted by Gasteiger charge is 2.12. The molecule has 0 amide bonds. The van der Waals surface area contributed by atoms with Gasteiger partial charge in [0.25, 0.3) is 0 Å². The summed E-state index contributed by atoms with van der Waals surface area (Å²) < 4.78 is 22.8. The Hall–Kier alpha value is -1.13. The zero-order chi connectivity index (χ0) is 10.6. The number of ether oxygens (including phenoxy) is 2. The van der Waals surface area contributed by atoms with Crippen molar-refractivity contribution in [2.75, 3.05) is 20.8 Å². The highest BCUT2D eigenvalue weighted by Crippen LogP contribution is 2.24. The van der Waals surface area contributed by atoms with Crippen LogP contribution in [-0.2, 0) is 4.74 Å². The molecule has 78 valence electrons. The minimum absolute atomic E-state index is 0.296. The van der Waals surface area contributed by atoms with Crippen molar-refractivity contribution >= 4 is 0 Å². The third kappa shape index (κ3) is 2.43. The summed E-state index contributed by atoms with van der Waals surface area (Å²) in [6.07, 6.45) is 0. The molecule has 0 aliphatic rings. The number of rotatable bonds is 4. The minimum Gasteiger partial charge on any atom is -0.496 e. The molecule has 3 nitrogen and oxygen atoms in total. The summed E-state index contributed by atoms with van der Waals surface area (Å²) >= 11 is 0. The number of nitrogens with two attached hydrogens (primary N) is 1. The molecule has 1 unspecified atom stereocenters. The summed E-state index contributed by atoms with van der Waals surface area (Å²) in [6, 6.07) is 3.98. The maximum atomic E-state index is 12.8. The summed E-state index contributed by atoms with van der Waals surface area (Å²) in [6.45, 7) is 0.377. The zero-order valence-corrected chi connectivity index (χ0v) is 8.29. The quantitative estimate of drug-likeness (QED) is 0.798. The van der Waals surface area contributed by atoms with Crippen LogP contribution in [0, 0.1) is 5.82 Å². The molecule has 1 aromatic rings. The van der Waals surface area contributed by atoms with Crippen LogP contribution in [0.15, 0.2) is 18.2 Å². The van der Waals surface area contributed by atoms with Crippen LogP contribution in [0.4, 0.5) is 4.39 Å². The van der Waals surface area contributed by atoms with E-state index in [1.165, 1.54) is 19.2 Å². The van der Waals surface area contributed by atoms with E-state index >= 15 is 0 Å². The number of halogens is 1. The van der Waals surface area contributed by atoms with Gasteiger partial charge in [-0.1, -0.05) is 6.07 Å². The molecule has 4 heteroatoms. The Morgan fingerprint density at radius 2 is 2.14 bits per heavy atom. The first-order valence-corrected chi connectivity index (χ1v) is 4.27. The molecule has 0 bridgehead atoms. The van der Waals surface area contributed by atoms with Gasteiger partial charge in [-0.2, -0.15) is 0 Å². The van der Waals surface area contributed by atoms with Gasteiger partial charge in [-0.15, -0.1) is 0 Å². The molecule has 0 saturated carbocycles. The van der Waals surface area contributed by atoms with Gasteiger partial charge in [0, 0.05) is 18.7 Å². The number of hydrogen-bond donors (Lipinski definition) is 1. The summed E-state index contributed by atoms with van der Waals surface area (Å²) in [5.41, 5.74) is 6.55. The van der Waals surface area contributed by atoms with Crippen molar-refractivity contribution in [2.24, 2.45) is 5.73 Å². The van der Waals surface area contributed by atoms with Gasteiger partial charge in [0.1, 0.15) is 11.6 Å². The third-order valence-electron chi connectivity index (χ3n) is 1.94. The lowest BCUT2D eigenvalue weighted by Gasteiger charge is -2.14. The molecule has 0 saturated heterocycles. The van der Waals surface area contributed by atoms with Crippen LogP contribution >= 0.6 is 0 Å².